The number of anilines is 1. The summed E-state index contributed by atoms with van der Waals surface area (Å²) >= 11 is 0. The molecule has 1 amide bonds. The molecule has 26 heavy (non-hydrogen) atoms. The molecule has 0 heterocycles. The van der Waals surface area contributed by atoms with Crippen molar-refractivity contribution in [2.45, 2.75) is 46.1 Å². The van der Waals surface area contributed by atoms with Crippen LogP contribution in [-0.4, -0.2) is 16.9 Å². The molecule has 0 aliphatic heterocycles. The lowest BCUT2D eigenvalue weighted by atomic mass is 9.86. The predicted octanol–water partition coefficient (Wildman–Crippen LogP) is 4.61. The summed E-state index contributed by atoms with van der Waals surface area (Å²) in [6.45, 7) is 9.57. The molecule has 0 bridgehead atoms. The van der Waals surface area contributed by atoms with Gasteiger partial charge in [-0.2, -0.15) is 0 Å². The van der Waals surface area contributed by atoms with Crippen LogP contribution in [0.1, 0.15) is 38.8 Å². The molecule has 0 aliphatic rings. The molecule has 0 fully saturated rings. The summed E-state index contributed by atoms with van der Waals surface area (Å²) in [4.78, 5) is 23.2. The van der Waals surface area contributed by atoms with Crippen molar-refractivity contribution in [3.63, 3.8) is 0 Å². The summed E-state index contributed by atoms with van der Waals surface area (Å²) in [6.07, 6.45) is -0.806. The van der Waals surface area contributed by atoms with E-state index in [4.69, 9.17) is 4.74 Å². The van der Waals surface area contributed by atoms with Gasteiger partial charge >= 0.3 is 0 Å². The average Bonchev–Trinajstić information content (AvgIpc) is 2.55. The largest absolute Gasteiger partial charge is 0.481 e. The molecular weight excluding hydrogens is 332 g/mol. The maximum atomic E-state index is 12.5. The number of rotatable bonds is 5. The Morgan fingerprint density at radius 1 is 1.19 bits per heavy atom. The summed E-state index contributed by atoms with van der Waals surface area (Å²) < 4.78 is 5.85. The maximum absolute atomic E-state index is 12.5. The summed E-state index contributed by atoms with van der Waals surface area (Å²) in [5.74, 6) is 0.182. The number of nitrogens with one attached hydrogen (secondary N) is 1. The second kappa shape index (κ2) is 7.56. The molecule has 0 aliphatic carbocycles. The van der Waals surface area contributed by atoms with Gasteiger partial charge < -0.3 is 10.1 Å². The monoisotopic (exact) mass is 356 g/mol. The van der Waals surface area contributed by atoms with E-state index in [0.29, 0.717) is 5.75 Å². The lowest BCUT2D eigenvalue weighted by Gasteiger charge is -2.24. The highest BCUT2D eigenvalue weighted by molar-refractivity contribution is 5.96. The Labute approximate surface area is 153 Å². The SMILES string of the molecule is Cc1ccc(NC(=O)C(C)Oc2ccccc2C(C)(C)C)c([N+](=O)[O-])c1. The van der Waals surface area contributed by atoms with Gasteiger partial charge in [0, 0.05) is 6.07 Å². The molecule has 0 spiro atoms. The fourth-order valence-electron chi connectivity index (χ4n) is 2.57. The van der Waals surface area contributed by atoms with Crippen LogP contribution in [0.25, 0.3) is 0 Å². The number of nitro groups is 1. The normalized spacial score (nSPS) is 12.3. The topological polar surface area (TPSA) is 81.5 Å². The Kier molecular flexibility index (Phi) is 5.65. The van der Waals surface area contributed by atoms with Crippen LogP contribution in [0.15, 0.2) is 42.5 Å². The highest BCUT2D eigenvalue weighted by atomic mass is 16.6. The highest BCUT2D eigenvalue weighted by Crippen LogP contribution is 2.32. The van der Waals surface area contributed by atoms with Crippen LogP contribution in [0, 0.1) is 17.0 Å². The van der Waals surface area contributed by atoms with Crippen LogP contribution in [0.2, 0.25) is 0 Å². The zero-order valence-electron chi connectivity index (χ0n) is 15.7. The molecule has 0 radical (unpaired) electrons. The fourth-order valence-corrected chi connectivity index (χ4v) is 2.57. The molecule has 1 atom stereocenters. The van der Waals surface area contributed by atoms with Crippen LogP contribution in [0.5, 0.6) is 5.75 Å². The van der Waals surface area contributed by atoms with Gasteiger partial charge in [0.25, 0.3) is 11.6 Å². The van der Waals surface area contributed by atoms with Crippen molar-refractivity contribution in [3.05, 3.63) is 63.7 Å². The van der Waals surface area contributed by atoms with Crippen molar-refractivity contribution in [1.29, 1.82) is 0 Å². The molecule has 1 unspecified atom stereocenters. The molecule has 0 saturated heterocycles. The van der Waals surface area contributed by atoms with Gasteiger partial charge in [0.2, 0.25) is 0 Å². The Hall–Kier alpha value is -2.89. The molecule has 0 aromatic heterocycles. The van der Waals surface area contributed by atoms with Gasteiger partial charge in [-0.05, 0) is 42.5 Å². The van der Waals surface area contributed by atoms with Crippen molar-refractivity contribution in [1.82, 2.24) is 0 Å². The van der Waals surface area contributed by atoms with Gasteiger partial charge in [0.15, 0.2) is 6.10 Å². The lowest BCUT2D eigenvalue weighted by molar-refractivity contribution is -0.384. The van der Waals surface area contributed by atoms with Crippen LogP contribution in [0.4, 0.5) is 11.4 Å². The first-order chi connectivity index (χ1) is 12.1. The molecule has 138 valence electrons. The fraction of sp³-hybridized carbons (Fsp3) is 0.350. The minimum atomic E-state index is -0.806. The van der Waals surface area contributed by atoms with Crippen LogP contribution in [-0.2, 0) is 10.2 Å². The number of carbonyl (C=O) groups is 1. The Balaban J connectivity index is 2.19. The number of amides is 1. The number of para-hydroxylation sites is 1. The number of hydrogen-bond donors (Lipinski definition) is 1. The highest BCUT2D eigenvalue weighted by Gasteiger charge is 2.23. The molecule has 6 heteroatoms. The third-order valence-corrected chi connectivity index (χ3v) is 3.98. The van der Waals surface area contributed by atoms with E-state index >= 15 is 0 Å². The second-order valence-electron chi connectivity index (χ2n) is 7.27. The van der Waals surface area contributed by atoms with Crippen molar-refractivity contribution in [2.75, 3.05) is 5.32 Å². The van der Waals surface area contributed by atoms with E-state index in [2.05, 4.69) is 26.1 Å². The third kappa shape index (κ3) is 4.59. The summed E-state index contributed by atoms with van der Waals surface area (Å²) in [7, 11) is 0. The van der Waals surface area contributed by atoms with E-state index in [1.807, 2.05) is 24.3 Å². The number of aryl methyl sites for hydroxylation is 1. The molecule has 1 N–H and O–H groups in total. The third-order valence-electron chi connectivity index (χ3n) is 3.98. The van der Waals surface area contributed by atoms with Gasteiger partial charge in [-0.25, -0.2) is 0 Å². The van der Waals surface area contributed by atoms with Crippen molar-refractivity contribution < 1.29 is 14.5 Å². The van der Waals surface area contributed by atoms with Crippen LogP contribution < -0.4 is 10.1 Å². The van der Waals surface area contributed by atoms with Gasteiger partial charge in [-0.1, -0.05) is 45.0 Å². The van der Waals surface area contributed by atoms with Crippen molar-refractivity contribution in [3.8, 4) is 5.75 Å². The van der Waals surface area contributed by atoms with E-state index in [0.717, 1.165) is 11.1 Å². The quantitative estimate of drug-likeness (QED) is 0.627. The Morgan fingerprint density at radius 3 is 2.46 bits per heavy atom. The summed E-state index contributed by atoms with van der Waals surface area (Å²) in [5.41, 5.74) is 1.62. The number of ether oxygens (including phenoxy) is 1. The summed E-state index contributed by atoms with van der Waals surface area (Å²) in [6, 6.07) is 12.2. The molecule has 6 nitrogen and oxygen atoms in total. The van der Waals surface area contributed by atoms with Gasteiger partial charge in [-0.3, -0.25) is 14.9 Å². The predicted molar refractivity (Wildman–Crippen MR) is 102 cm³/mol. The standard InChI is InChI=1S/C20H24N2O4/c1-13-10-11-16(17(12-13)22(24)25)21-19(23)14(2)26-18-9-7-6-8-15(18)20(3,4)5/h6-12,14H,1-5H3,(H,21,23). The maximum Gasteiger partial charge on any atom is 0.293 e. The van der Waals surface area contributed by atoms with E-state index in [1.54, 1.807) is 19.9 Å². The van der Waals surface area contributed by atoms with Gasteiger partial charge in [0.1, 0.15) is 11.4 Å². The Morgan fingerprint density at radius 2 is 1.85 bits per heavy atom. The molecular formula is C20H24N2O4. The summed E-state index contributed by atoms with van der Waals surface area (Å²) in [5, 5.41) is 13.8. The Bertz CT molecular complexity index is 825. The molecule has 0 saturated carbocycles. The van der Waals surface area contributed by atoms with Crippen LogP contribution >= 0.6 is 0 Å². The van der Waals surface area contributed by atoms with E-state index in [1.165, 1.54) is 12.1 Å². The molecule has 2 rings (SSSR count). The molecule has 2 aromatic rings. The molecule has 2 aromatic carbocycles. The van der Waals surface area contributed by atoms with Crippen molar-refractivity contribution in [2.24, 2.45) is 0 Å². The number of nitro benzene ring substituents is 1. The van der Waals surface area contributed by atoms with Gasteiger partial charge in [-0.15, -0.1) is 0 Å². The zero-order valence-corrected chi connectivity index (χ0v) is 15.7. The zero-order chi connectivity index (χ0) is 19.5. The first-order valence-corrected chi connectivity index (χ1v) is 8.41. The van der Waals surface area contributed by atoms with Crippen LogP contribution in [0.3, 0.4) is 0 Å². The van der Waals surface area contributed by atoms with Gasteiger partial charge in [0.05, 0.1) is 4.92 Å². The smallest absolute Gasteiger partial charge is 0.293 e. The van der Waals surface area contributed by atoms with E-state index < -0.39 is 16.9 Å². The number of carbonyl (C=O) groups excluding carboxylic acids is 1. The minimum absolute atomic E-state index is 0.136. The lowest BCUT2D eigenvalue weighted by Crippen LogP contribution is -2.31. The first kappa shape index (κ1) is 19.4. The number of hydrogen-bond acceptors (Lipinski definition) is 4. The average molecular weight is 356 g/mol. The second-order valence-corrected chi connectivity index (χ2v) is 7.27. The van der Waals surface area contributed by atoms with E-state index in [-0.39, 0.29) is 16.8 Å². The van der Waals surface area contributed by atoms with E-state index in [9.17, 15) is 14.9 Å². The number of benzene rings is 2. The first-order valence-electron chi connectivity index (χ1n) is 8.41. The van der Waals surface area contributed by atoms with Crippen molar-refractivity contribution >= 4 is 17.3 Å². The number of nitrogens with zero attached hydrogens (tertiary/aromatic N) is 1. The minimum Gasteiger partial charge on any atom is -0.481 e.